The van der Waals surface area contributed by atoms with E-state index in [1.54, 1.807) is 0 Å². The van der Waals surface area contributed by atoms with Gasteiger partial charge >= 0.3 is 6.16 Å². The van der Waals surface area contributed by atoms with Gasteiger partial charge in [-0.3, -0.25) is 0 Å². The molecular formula is C16H26O5. The molecule has 0 aromatic heterocycles. The molecule has 5 heteroatoms. The molecule has 0 radical (unpaired) electrons. The van der Waals surface area contributed by atoms with Crippen molar-refractivity contribution in [2.45, 2.75) is 46.0 Å². The Morgan fingerprint density at radius 3 is 2.57 bits per heavy atom. The Bertz CT molecular complexity index is 399. The maximum atomic E-state index is 11.4. The number of carbonyl (C=O) groups excluding carboxylic acids is 1. The van der Waals surface area contributed by atoms with Crippen LogP contribution >= 0.6 is 0 Å². The van der Waals surface area contributed by atoms with Crippen molar-refractivity contribution < 1.29 is 23.7 Å². The van der Waals surface area contributed by atoms with Gasteiger partial charge in [-0.2, -0.15) is 0 Å². The maximum absolute atomic E-state index is 11.4. The highest BCUT2D eigenvalue weighted by atomic mass is 16.7. The van der Waals surface area contributed by atoms with Crippen LogP contribution in [0.25, 0.3) is 0 Å². The van der Waals surface area contributed by atoms with Crippen LogP contribution in [0.15, 0.2) is 12.2 Å². The Hall–Kier alpha value is -1.07. The predicted octanol–water partition coefficient (Wildman–Crippen LogP) is 3.14. The summed E-state index contributed by atoms with van der Waals surface area (Å²) in [7, 11) is 1.32. The minimum absolute atomic E-state index is 0.165. The topological polar surface area (TPSA) is 54.0 Å². The van der Waals surface area contributed by atoms with E-state index in [2.05, 4.69) is 32.1 Å². The number of methoxy groups -OCH3 is 1. The van der Waals surface area contributed by atoms with Gasteiger partial charge in [-0.15, -0.1) is 0 Å². The molecule has 2 fully saturated rings. The number of ether oxygens (including phenoxy) is 4. The van der Waals surface area contributed by atoms with Gasteiger partial charge in [0, 0.05) is 6.42 Å². The fourth-order valence-corrected chi connectivity index (χ4v) is 3.68. The molecule has 0 amide bonds. The van der Waals surface area contributed by atoms with Gasteiger partial charge in [0.2, 0.25) is 0 Å². The minimum Gasteiger partial charge on any atom is -0.438 e. The zero-order valence-corrected chi connectivity index (χ0v) is 13.4. The number of rotatable bonds is 4. The standard InChI is InChI=1S/C16H26O5/c1-10(2)12-8-13(21-15(17)18-5)11(3)16(12,4)9-14-19-6-7-20-14/h10,12-14H,3,6-9H2,1-2,4-5H3/t12-,13?,16+/m0/s1. The summed E-state index contributed by atoms with van der Waals surface area (Å²) < 4.78 is 21.2. The van der Waals surface area contributed by atoms with Crippen molar-refractivity contribution in [3.8, 4) is 0 Å². The zero-order chi connectivity index (χ0) is 15.6. The predicted molar refractivity (Wildman–Crippen MR) is 77.8 cm³/mol. The summed E-state index contributed by atoms with van der Waals surface area (Å²) in [6.07, 6.45) is 0.382. The van der Waals surface area contributed by atoms with Crippen molar-refractivity contribution in [3.05, 3.63) is 12.2 Å². The van der Waals surface area contributed by atoms with Crippen LogP contribution < -0.4 is 0 Å². The monoisotopic (exact) mass is 298 g/mol. The molecule has 0 N–H and O–H groups in total. The van der Waals surface area contributed by atoms with Gasteiger partial charge in [-0.1, -0.05) is 27.4 Å². The van der Waals surface area contributed by atoms with Crippen LogP contribution in [0.1, 0.15) is 33.6 Å². The molecule has 1 heterocycles. The molecule has 120 valence electrons. The van der Waals surface area contributed by atoms with Crippen LogP contribution in [0.3, 0.4) is 0 Å². The molecule has 1 unspecified atom stereocenters. The van der Waals surface area contributed by atoms with Crippen LogP contribution in [-0.4, -0.2) is 38.9 Å². The normalized spacial score (nSPS) is 33.7. The molecule has 5 nitrogen and oxygen atoms in total. The molecule has 1 saturated heterocycles. The first-order valence-corrected chi connectivity index (χ1v) is 7.55. The second-order valence-electron chi connectivity index (χ2n) is 6.46. The quantitative estimate of drug-likeness (QED) is 0.589. The lowest BCUT2D eigenvalue weighted by Gasteiger charge is -2.36. The summed E-state index contributed by atoms with van der Waals surface area (Å²) in [5, 5.41) is 0. The molecular weight excluding hydrogens is 272 g/mol. The lowest BCUT2D eigenvalue weighted by Crippen LogP contribution is -2.32. The van der Waals surface area contributed by atoms with E-state index in [0.29, 0.717) is 25.0 Å². The Balaban J connectivity index is 2.14. The summed E-state index contributed by atoms with van der Waals surface area (Å²) in [5.41, 5.74) is 0.771. The molecule has 1 aliphatic carbocycles. The van der Waals surface area contributed by atoms with Crippen LogP contribution in [0.2, 0.25) is 0 Å². The van der Waals surface area contributed by atoms with Gasteiger partial charge in [0.25, 0.3) is 0 Å². The Kier molecular flexibility index (Phi) is 4.94. The molecule has 0 bridgehead atoms. The van der Waals surface area contributed by atoms with Crippen LogP contribution in [0, 0.1) is 17.3 Å². The summed E-state index contributed by atoms with van der Waals surface area (Å²) in [6.45, 7) is 12.0. The van der Waals surface area contributed by atoms with Crippen molar-refractivity contribution >= 4 is 6.16 Å². The summed E-state index contributed by atoms with van der Waals surface area (Å²) in [6, 6.07) is 0. The Morgan fingerprint density at radius 1 is 1.43 bits per heavy atom. The molecule has 0 spiro atoms. The van der Waals surface area contributed by atoms with Gasteiger partial charge in [0.1, 0.15) is 6.10 Å². The Labute approximate surface area is 126 Å². The average Bonchev–Trinajstić information content (AvgIpc) is 3.01. The van der Waals surface area contributed by atoms with Gasteiger partial charge in [-0.05, 0) is 29.2 Å². The van der Waals surface area contributed by atoms with E-state index in [4.69, 9.17) is 14.2 Å². The molecule has 1 saturated carbocycles. The second-order valence-corrected chi connectivity index (χ2v) is 6.46. The molecule has 0 aromatic rings. The molecule has 3 atom stereocenters. The lowest BCUT2D eigenvalue weighted by molar-refractivity contribution is -0.0732. The maximum Gasteiger partial charge on any atom is 0.508 e. The third-order valence-electron chi connectivity index (χ3n) is 4.90. The van der Waals surface area contributed by atoms with Crippen molar-refractivity contribution in [1.82, 2.24) is 0 Å². The van der Waals surface area contributed by atoms with E-state index in [1.165, 1.54) is 7.11 Å². The fraction of sp³-hybridized carbons (Fsp3) is 0.812. The highest BCUT2D eigenvalue weighted by molar-refractivity contribution is 5.60. The van der Waals surface area contributed by atoms with E-state index in [9.17, 15) is 4.79 Å². The largest absolute Gasteiger partial charge is 0.508 e. The first-order chi connectivity index (χ1) is 9.88. The first-order valence-electron chi connectivity index (χ1n) is 7.55. The molecule has 0 aromatic carbocycles. The molecule has 21 heavy (non-hydrogen) atoms. The third kappa shape index (κ3) is 3.24. The zero-order valence-electron chi connectivity index (χ0n) is 13.4. The third-order valence-corrected chi connectivity index (χ3v) is 4.90. The molecule has 1 aliphatic heterocycles. The van der Waals surface area contributed by atoms with E-state index < -0.39 is 6.16 Å². The molecule has 2 rings (SSSR count). The number of carbonyl (C=O) groups is 1. The van der Waals surface area contributed by atoms with Crippen LogP contribution in [0.4, 0.5) is 4.79 Å². The first kappa shape index (κ1) is 16.3. The highest BCUT2D eigenvalue weighted by Crippen LogP contribution is 2.54. The van der Waals surface area contributed by atoms with Crippen molar-refractivity contribution in [2.75, 3.05) is 20.3 Å². The minimum atomic E-state index is -0.652. The summed E-state index contributed by atoms with van der Waals surface area (Å²) >= 11 is 0. The summed E-state index contributed by atoms with van der Waals surface area (Å²) in [4.78, 5) is 11.4. The van der Waals surface area contributed by atoms with E-state index in [-0.39, 0.29) is 17.8 Å². The summed E-state index contributed by atoms with van der Waals surface area (Å²) in [5.74, 6) is 0.826. The second kappa shape index (κ2) is 6.36. The van der Waals surface area contributed by atoms with E-state index in [1.807, 2.05) is 0 Å². The van der Waals surface area contributed by atoms with Crippen LogP contribution in [-0.2, 0) is 18.9 Å². The van der Waals surface area contributed by atoms with Crippen molar-refractivity contribution in [1.29, 1.82) is 0 Å². The van der Waals surface area contributed by atoms with Crippen molar-refractivity contribution in [3.63, 3.8) is 0 Å². The molecule has 2 aliphatic rings. The van der Waals surface area contributed by atoms with Gasteiger partial charge < -0.3 is 18.9 Å². The average molecular weight is 298 g/mol. The number of hydrogen-bond acceptors (Lipinski definition) is 5. The number of hydrogen-bond donors (Lipinski definition) is 0. The van der Waals surface area contributed by atoms with Gasteiger partial charge in [-0.25, -0.2) is 4.79 Å². The SMILES string of the molecule is C=C1C(OC(=O)OC)C[C@@H](C(C)C)[C@]1(C)CC1OCCO1. The lowest BCUT2D eigenvalue weighted by atomic mass is 9.70. The van der Waals surface area contributed by atoms with Gasteiger partial charge in [0.15, 0.2) is 6.29 Å². The Morgan fingerprint density at radius 2 is 2.05 bits per heavy atom. The smallest absolute Gasteiger partial charge is 0.438 e. The van der Waals surface area contributed by atoms with Crippen LogP contribution in [0.5, 0.6) is 0 Å². The van der Waals surface area contributed by atoms with Crippen molar-refractivity contribution in [2.24, 2.45) is 17.3 Å². The highest BCUT2D eigenvalue weighted by Gasteiger charge is 2.51. The van der Waals surface area contributed by atoms with Gasteiger partial charge in [0.05, 0.1) is 20.3 Å². The van der Waals surface area contributed by atoms with E-state index >= 15 is 0 Å². The fourth-order valence-electron chi connectivity index (χ4n) is 3.68. The van der Waals surface area contributed by atoms with E-state index in [0.717, 1.165) is 18.4 Å².